The maximum Gasteiger partial charge on any atom is 0.466 e. The number of hydrazine groups is 1. The Kier molecular flexibility index (Phi) is 6.62. The van der Waals surface area contributed by atoms with E-state index in [-0.39, 0.29) is 0 Å². The Balaban J connectivity index is 0.000000336. The van der Waals surface area contributed by atoms with Crippen molar-refractivity contribution in [2.45, 2.75) is 0 Å². The molecule has 0 radical (unpaired) electrons. The number of anilines is 1. The van der Waals surface area contributed by atoms with E-state index in [1.807, 2.05) is 18.2 Å². The Morgan fingerprint density at radius 1 is 1.27 bits per heavy atom. The van der Waals surface area contributed by atoms with Crippen molar-refractivity contribution in [2.24, 2.45) is 5.84 Å². The molecule has 0 aromatic heterocycles. The Labute approximate surface area is 103 Å². The van der Waals surface area contributed by atoms with E-state index in [1.54, 1.807) is 0 Å². The summed E-state index contributed by atoms with van der Waals surface area (Å²) in [6.07, 6.45) is 0. The molecule has 0 amide bonds. The first kappa shape index (κ1) is 15.0. The minimum absolute atomic E-state index is 0.870. The van der Waals surface area contributed by atoms with Crippen molar-refractivity contribution in [3.63, 3.8) is 0 Å². The van der Waals surface area contributed by atoms with Crippen molar-refractivity contribution in [3.8, 4) is 0 Å². The summed E-state index contributed by atoms with van der Waals surface area (Å²) in [4.78, 5) is 21.6. The third kappa shape index (κ3) is 7.92. The molecule has 0 aliphatic heterocycles. The molecule has 6 nitrogen and oxygen atoms in total. The molecule has 6 N–H and O–H groups in total. The number of hydrogen-bond donors (Lipinski definition) is 5. The molecule has 9 heteroatoms. The first-order valence-corrected chi connectivity index (χ1v) is 6.59. The zero-order chi connectivity index (χ0) is 12.1. The predicted octanol–water partition coefficient (Wildman–Crippen LogP) is 1.57. The van der Waals surface area contributed by atoms with E-state index < -0.39 is 7.82 Å². The van der Waals surface area contributed by atoms with Crippen LogP contribution >= 0.6 is 39.7 Å². The van der Waals surface area contributed by atoms with Crippen LogP contribution in [0.1, 0.15) is 0 Å². The highest BCUT2D eigenvalue weighted by Gasteiger charge is 2.00. The lowest BCUT2D eigenvalue weighted by Crippen LogP contribution is -2.06. The lowest BCUT2D eigenvalue weighted by Gasteiger charge is -2.02. The Hall–Kier alpha value is 0.0500. The second kappa shape index (κ2) is 6.59. The highest BCUT2D eigenvalue weighted by atomic mass is 79.9. The normalized spacial score (nSPS) is 10.3. The maximum absolute atomic E-state index is 8.88. The van der Waals surface area contributed by atoms with E-state index in [2.05, 4.69) is 37.3 Å². The first-order valence-electron chi connectivity index (χ1n) is 3.44. The Morgan fingerprint density at radius 3 is 2.07 bits per heavy atom. The number of nitrogens with one attached hydrogen (secondary N) is 1. The average molecular weight is 364 g/mol. The second-order valence-corrected chi connectivity index (χ2v) is 4.93. The maximum atomic E-state index is 8.88. The fourth-order valence-corrected chi connectivity index (χ4v) is 1.36. The largest absolute Gasteiger partial charge is 0.466 e. The van der Waals surface area contributed by atoms with Crippen molar-refractivity contribution in [3.05, 3.63) is 27.1 Å². The van der Waals surface area contributed by atoms with Gasteiger partial charge in [0, 0.05) is 4.47 Å². The van der Waals surface area contributed by atoms with Crippen LogP contribution in [0.25, 0.3) is 0 Å². The molecule has 1 aromatic rings. The van der Waals surface area contributed by atoms with Crippen molar-refractivity contribution in [2.75, 3.05) is 5.43 Å². The lowest BCUT2D eigenvalue weighted by molar-refractivity contribution is 0.275. The molecule has 1 rings (SSSR count). The van der Waals surface area contributed by atoms with Crippen molar-refractivity contribution < 1.29 is 19.2 Å². The first-order chi connectivity index (χ1) is 6.75. The van der Waals surface area contributed by atoms with Gasteiger partial charge in [0.05, 0.1) is 10.2 Å². The van der Waals surface area contributed by atoms with Gasteiger partial charge in [0.2, 0.25) is 0 Å². The molecule has 0 fully saturated rings. The summed E-state index contributed by atoms with van der Waals surface area (Å²) in [6, 6.07) is 5.73. The summed E-state index contributed by atoms with van der Waals surface area (Å²) in [5, 5.41) is 0. The van der Waals surface area contributed by atoms with Crippen LogP contribution in [0.3, 0.4) is 0 Å². The standard InChI is InChI=1S/C6H6Br2N2.H3O4P/c7-4-2-1-3-5(10-9)6(4)8;1-5(2,3)4/h1-3,10H,9H2;(H3,1,2,3,4). The van der Waals surface area contributed by atoms with Crippen LogP contribution in [0.5, 0.6) is 0 Å². The van der Waals surface area contributed by atoms with Gasteiger partial charge < -0.3 is 20.1 Å². The lowest BCUT2D eigenvalue weighted by atomic mass is 10.3. The van der Waals surface area contributed by atoms with Gasteiger partial charge in [-0.15, -0.1) is 0 Å². The van der Waals surface area contributed by atoms with Gasteiger partial charge in [-0.05, 0) is 44.0 Å². The van der Waals surface area contributed by atoms with Crippen LogP contribution in [0, 0.1) is 0 Å². The minimum atomic E-state index is -4.64. The molecule has 0 aliphatic carbocycles. The molecule has 0 saturated heterocycles. The second-order valence-electron chi connectivity index (χ2n) is 2.26. The van der Waals surface area contributed by atoms with Gasteiger partial charge in [0.25, 0.3) is 0 Å². The fourth-order valence-electron chi connectivity index (χ4n) is 0.615. The number of nitrogen functional groups attached to an aromatic ring is 1. The summed E-state index contributed by atoms with van der Waals surface area (Å²) in [5.74, 6) is 5.22. The molecule has 0 spiro atoms. The summed E-state index contributed by atoms with van der Waals surface area (Å²) >= 11 is 6.70. The number of halogens is 2. The van der Waals surface area contributed by atoms with Crippen LogP contribution < -0.4 is 11.3 Å². The summed E-state index contributed by atoms with van der Waals surface area (Å²) in [5.41, 5.74) is 3.43. The summed E-state index contributed by atoms with van der Waals surface area (Å²) in [7, 11) is -4.64. The molecule has 1 aromatic carbocycles. The van der Waals surface area contributed by atoms with E-state index in [1.165, 1.54) is 0 Å². The Bertz CT molecular complexity index is 362. The molecule has 0 unspecified atom stereocenters. The van der Waals surface area contributed by atoms with Crippen LogP contribution in [0.15, 0.2) is 27.1 Å². The third-order valence-corrected chi connectivity index (χ3v) is 3.15. The molecular weight excluding hydrogens is 355 g/mol. The number of benzene rings is 1. The van der Waals surface area contributed by atoms with E-state index in [9.17, 15) is 0 Å². The third-order valence-electron chi connectivity index (χ3n) is 1.11. The molecule has 0 atom stereocenters. The topological polar surface area (TPSA) is 116 Å². The quantitative estimate of drug-likeness (QED) is 0.294. The van der Waals surface area contributed by atoms with Crippen LogP contribution in [-0.2, 0) is 4.57 Å². The van der Waals surface area contributed by atoms with Crippen molar-refractivity contribution in [1.82, 2.24) is 0 Å². The van der Waals surface area contributed by atoms with Gasteiger partial charge in [0.1, 0.15) is 0 Å². The number of rotatable bonds is 1. The van der Waals surface area contributed by atoms with Gasteiger partial charge in [-0.3, -0.25) is 5.84 Å². The summed E-state index contributed by atoms with van der Waals surface area (Å²) < 4.78 is 10.8. The Morgan fingerprint density at radius 2 is 1.73 bits per heavy atom. The van der Waals surface area contributed by atoms with E-state index in [0.717, 1.165) is 14.6 Å². The van der Waals surface area contributed by atoms with E-state index in [4.69, 9.17) is 25.1 Å². The van der Waals surface area contributed by atoms with Crippen LogP contribution in [-0.4, -0.2) is 14.7 Å². The number of nitrogens with two attached hydrogens (primary N) is 1. The molecule has 0 aliphatic rings. The van der Waals surface area contributed by atoms with E-state index >= 15 is 0 Å². The molecule has 0 bridgehead atoms. The summed E-state index contributed by atoms with van der Waals surface area (Å²) in [6.45, 7) is 0. The van der Waals surface area contributed by atoms with Gasteiger partial charge in [-0.2, -0.15) is 0 Å². The monoisotopic (exact) mass is 362 g/mol. The highest BCUT2D eigenvalue weighted by Crippen LogP contribution is 2.29. The number of hydrogen-bond acceptors (Lipinski definition) is 3. The van der Waals surface area contributed by atoms with Gasteiger partial charge in [-0.1, -0.05) is 6.07 Å². The van der Waals surface area contributed by atoms with Crippen molar-refractivity contribution in [1.29, 1.82) is 0 Å². The highest BCUT2D eigenvalue weighted by molar-refractivity contribution is 9.13. The van der Waals surface area contributed by atoms with E-state index in [0.29, 0.717) is 0 Å². The average Bonchev–Trinajstić information content (AvgIpc) is 2.07. The molecule has 0 heterocycles. The molecular formula is C6H9Br2N2O4P. The SMILES string of the molecule is NNc1cccc(Br)c1Br.O=P(O)(O)O. The predicted molar refractivity (Wildman–Crippen MR) is 63.9 cm³/mol. The minimum Gasteiger partial charge on any atom is -0.323 e. The zero-order valence-corrected chi connectivity index (χ0v) is 11.3. The molecule has 0 saturated carbocycles. The van der Waals surface area contributed by atoms with Crippen LogP contribution in [0.2, 0.25) is 0 Å². The number of phosphoric acid groups is 1. The van der Waals surface area contributed by atoms with Gasteiger partial charge >= 0.3 is 7.82 Å². The molecule has 15 heavy (non-hydrogen) atoms. The smallest absolute Gasteiger partial charge is 0.323 e. The van der Waals surface area contributed by atoms with Crippen LogP contribution in [0.4, 0.5) is 5.69 Å². The van der Waals surface area contributed by atoms with Gasteiger partial charge in [0.15, 0.2) is 0 Å². The molecule has 86 valence electrons. The zero-order valence-electron chi connectivity index (χ0n) is 7.26. The van der Waals surface area contributed by atoms with Gasteiger partial charge in [-0.25, -0.2) is 4.57 Å². The van der Waals surface area contributed by atoms with Crippen molar-refractivity contribution >= 4 is 45.4 Å². The fraction of sp³-hybridized carbons (Fsp3) is 0.